The number of amides is 1. The number of fused-ring (bicyclic) bond motifs is 1. The second-order valence-electron chi connectivity index (χ2n) is 6.10. The fraction of sp³-hybridized carbons (Fsp3) is 0.316. The van der Waals surface area contributed by atoms with E-state index in [2.05, 4.69) is 5.32 Å². The van der Waals surface area contributed by atoms with E-state index in [4.69, 9.17) is 16.3 Å². The maximum absolute atomic E-state index is 12.5. The molecule has 1 aliphatic heterocycles. The van der Waals surface area contributed by atoms with Crippen molar-refractivity contribution in [2.45, 2.75) is 17.9 Å². The van der Waals surface area contributed by atoms with Crippen molar-refractivity contribution in [3.63, 3.8) is 0 Å². The molecule has 0 radical (unpaired) electrons. The van der Waals surface area contributed by atoms with Crippen LogP contribution in [0, 0.1) is 0 Å². The van der Waals surface area contributed by atoms with Gasteiger partial charge in [0.25, 0.3) is 5.91 Å². The number of rotatable bonds is 7. The Hall–Kier alpha value is -1.90. The fourth-order valence-corrected chi connectivity index (χ4v) is 4.76. The Kier molecular flexibility index (Phi) is 6.74. The first kappa shape index (κ1) is 20.8. The highest BCUT2D eigenvalue weighted by Crippen LogP contribution is 2.35. The molecule has 0 aliphatic carbocycles. The molecule has 1 amide bonds. The van der Waals surface area contributed by atoms with Crippen LogP contribution >= 0.6 is 23.4 Å². The average Bonchev–Trinajstić information content (AvgIpc) is 2.71. The summed E-state index contributed by atoms with van der Waals surface area (Å²) in [6.07, 6.45) is -0.892. The molecule has 3 rings (SSSR count). The summed E-state index contributed by atoms with van der Waals surface area (Å²) in [4.78, 5) is 13.6. The van der Waals surface area contributed by atoms with Crippen molar-refractivity contribution in [3.05, 3.63) is 53.6 Å². The van der Waals surface area contributed by atoms with E-state index in [1.165, 1.54) is 4.31 Å². The van der Waals surface area contributed by atoms with Crippen molar-refractivity contribution >= 4 is 45.0 Å². The Morgan fingerprint density at radius 3 is 2.68 bits per heavy atom. The van der Waals surface area contributed by atoms with Gasteiger partial charge in [-0.3, -0.25) is 9.10 Å². The summed E-state index contributed by atoms with van der Waals surface area (Å²) in [7, 11) is -3.51. The maximum atomic E-state index is 12.5. The van der Waals surface area contributed by atoms with Crippen LogP contribution in [0.4, 0.5) is 5.69 Å². The number of sulfonamides is 1. The molecule has 2 aromatic carbocycles. The van der Waals surface area contributed by atoms with Gasteiger partial charge in [-0.15, -0.1) is 11.8 Å². The van der Waals surface area contributed by atoms with Gasteiger partial charge in [0.05, 0.1) is 18.0 Å². The smallest absolute Gasteiger partial charge is 0.263 e. The van der Waals surface area contributed by atoms with Crippen LogP contribution in [0.5, 0.6) is 5.75 Å². The molecule has 28 heavy (non-hydrogen) atoms. The predicted octanol–water partition coefficient (Wildman–Crippen LogP) is 3.17. The number of ether oxygens (including phenoxy) is 1. The number of nitrogens with one attached hydrogen (secondary N) is 1. The molecule has 0 aromatic heterocycles. The summed E-state index contributed by atoms with van der Waals surface area (Å²) in [6.45, 7) is 1.98. The lowest BCUT2D eigenvalue weighted by Crippen LogP contribution is -2.51. The van der Waals surface area contributed by atoms with Gasteiger partial charge < -0.3 is 10.1 Å². The number of benzene rings is 2. The zero-order valence-corrected chi connectivity index (χ0v) is 17.7. The number of para-hydroxylation sites is 2. The Bertz CT molecular complexity index is 935. The number of carbonyl (C=O) groups is 1. The summed E-state index contributed by atoms with van der Waals surface area (Å²) in [5.74, 6) is 0.685. The minimum atomic E-state index is -3.51. The second-order valence-corrected chi connectivity index (χ2v) is 9.89. The third-order valence-electron chi connectivity index (χ3n) is 4.21. The van der Waals surface area contributed by atoms with Crippen LogP contribution in [0.25, 0.3) is 0 Å². The SMILES string of the molecule is CCS(=O)(=O)N1C[C@H](C(=O)NCCSc2ccc(Cl)cc2)Oc2ccccc21. The molecule has 1 aliphatic rings. The number of thioether (sulfide) groups is 1. The van der Waals surface area contributed by atoms with Gasteiger partial charge in [-0.25, -0.2) is 8.42 Å². The summed E-state index contributed by atoms with van der Waals surface area (Å²) >= 11 is 7.46. The van der Waals surface area contributed by atoms with E-state index in [1.54, 1.807) is 43.0 Å². The largest absolute Gasteiger partial charge is 0.476 e. The van der Waals surface area contributed by atoms with E-state index < -0.39 is 16.1 Å². The van der Waals surface area contributed by atoms with Crippen LogP contribution in [0.1, 0.15) is 6.92 Å². The van der Waals surface area contributed by atoms with Gasteiger partial charge >= 0.3 is 0 Å². The third-order valence-corrected chi connectivity index (χ3v) is 7.22. The molecule has 2 aromatic rings. The summed E-state index contributed by atoms with van der Waals surface area (Å²) in [5.41, 5.74) is 0.465. The third kappa shape index (κ3) is 4.92. The molecular weight excluding hydrogens is 420 g/mol. The highest BCUT2D eigenvalue weighted by molar-refractivity contribution is 7.99. The van der Waals surface area contributed by atoms with E-state index in [9.17, 15) is 13.2 Å². The van der Waals surface area contributed by atoms with Crippen molar-refractivity contribution in [1.82, 2.24) is 5.32 Å². The minimum Gasteiger partial charge on any atom is -0.476 e. The van der Waals surface area contributed by atoms with Gasteiger partial charge in [-0.1, -0.05) is 23.7 Å². The van der Waals surface area contributed by atoms with Crippen LogP contribution < -0.4 is 14.4 Å². The molecule has 0 spiro atoms. The van der Waals surface area contributed by atoms with Crippen molar-refractivity contribution in [1.29, 1.82) is 0 Å². The average molecular weight is 441 g/mol. The normalized spacial score (nSPS) is 16.2. The number of hydrogen-bond acceptors (Lipinski definition) is 5. The van der Waals surface area contributed by atoms with Crippen molar-refractivity contribution in [3.8, 4) is 5.75 Å². The number of anilines is 1. The summed E-state index contributed by atoms with van der Waals surface area (Å²) in [6, 6.07) is 14.3. The number of nitrogens with zero attached hydrogens (tertiary/aromatic N) is 1. The number of halogens is 1. The van der Waals surface area contributed by atoms with Crippen molar-refractivity contribution in [2.75, 3.05) is 28.9 Å². The minimum absolute atomic E-state index is 0.0383. The molecule has 0 bridgehead atoms. The van der Waals surface area contributed by atoms with E-state index in [1.807, 2.05) is 24.3 Å². The first-order valence-corrected chi connectivity index (χ1v) is 11.8. The number of carbonyl (C=O) groups excluding carboxylic acids is 1. The molecule has 0 saturated carbocycles. The molecule has 1 N–H and O–H groups in total. The molecule has 1 atom stereocenters. The molecule has 9 heteroatoms. The van der Waals surface area contributed by atoms with Gasteiger partial charge in [0.15, 0.2) is 6.10 Å². The first-order valence-electron chi connectivity index (χ1n) is 8.83. The zero-order chi connectivity index (χ0) is 20.1. The van der Waals surface area contributed by atoms with Gasteiger partial charge in [0.2, 0.25) is 10.0 Å². The monoisotopic (exact) mass is 440 g/mol. The van der Waals surface area contributed by atoms with E-state index >= 15 is 0 Å². The van der Waals surface area contributed by atoms with Crippen molar-refractivity contribution in [2.24, 2.45) is 0 Å². The van der Waals surface area contributed by atoms with Crippen LogP contribution in [-0.4, -0.2) is 45.0 Å². The molecule has 150 valence electrons. The highest BCUT2D eigenvalue weighted by atomic mass is 35.5. The second kappa shape index (κ2) is 9.07. The Morgan fingerprint density at radius 2 is 1.96 bits per heavy atom. The Balaban J connectivity index is 1.60. The lowest BCUT2D eigenvalue weighted by molar-refractivity contribution is -0.127. The van der Waals surface area contributed by atoms with E-state index in [-0.39, 0.29) is 18.2 Å². The van der Waals surface area contributed by atoms with Crippen LogP contribution in [0.15, 0.2) is 53.4 Å². The van der Waals surface area contributed by atoms with Crippen LogP contribution in [-0.2, 0) is 14.8 Å². The highest BCUT2D eigenvalue weighted by Gasteiger charge is 2.35. The van der Waals surface area contributed by atoms with Gasteiger partial charge in [-0.05, 0) is 43.3 Å². The van der Waals surface area contributed by atoms with E-state index in [0.717, 1.165) is 4.90 Å². The number of hydrogen-bond donors (Lipinski definition) is 1. The zero-order valence-electron chi connectivity index (χ0n) is 15.3. The summed E-state index contributed by atoms with van der Waals surface area (Å²) < 4.78 is 31.9. The predicted molar refractivity (Wildman–Crippen MR) is 113 cm³/mol. The quantitative estimate of drug-likeness (QED) is 0.528. The molecule has 6 nitrogen and oxygen atoms in total. The lowest BCUT2D eigenvalue weighted by atomic mass is 10.2. The summed E-state index contributed by atoms with van der Waals surface area (Å²) in [5, 5.41) is 3.50. The maximum Gasteiger partial charge on any atom is 0.263 e. The fourth-order valence-electron chi connectivity index (χ4n) is 2.75. The lowest BCUT2D eigenvalue weighted by Gasteiger charge is -2.34. The van der Waals surface area contributed by atoms with Crippen molar-refractivity contribution < 1.29 is 17.9 Å². The van der Waals surface area contributed by atoms with Crippen LogP contribution in [0.2, 0.25) is 5.02 Å². The molecule has 0 saturated heterocycles. The topological polar surface area (TPSA) is 75.7 Å². The standard InChI is InChI=1S/C19H21ClN2O4S2/c1-2-28(24,25)22-13-18(26-17-6-4-3-5-16(17)22)19(23)21-11-12-27-15-9-7-14(20)8-10-15/h3-10,18H,2,11-13H2,1H3,(H,21,23)/t18-/m1/s1. The van der Waals surface area contributed by atoms with Gasteiger partial charge in [0.1, 0.15) is 5.75 Å². The Morgan fingerprint density at radius 1 is 1.25 bits per heavy atom. The van der Waals surface area contributed by atoms with Gasteiger partial charge in [-0.2, -0.15) is 0 Å². The Labute approximate surface area is 174 Å². The molecular formula is C19H21ClN2O4S2. The van der Waals surface area contributed by atoms with E-state index in [0.29, 0.717) is 28.8 Å². The first-order chi connectivity index (χ1) is 13.4. The molecule has 1 heterocycles. The van der Waals surface area contributed by atoms with Crippen LogP contribution in [0.3, 0.4) is 0 Å². The van der Waals surface area contributed by atoms with Gasteiger partial charge in [0, 0.05) is 22.2 Å². The molecule has 0 fully saturated rings. The molecule has 0 unspecified atom stereocenters.